The number of hydrogen-bond acceptors (Lipinski definition) is 4. The van der Waals surface area contributed by atoms with Gasteiger partial charge in [-0.25, -0.2) is 4.79 Å². The number of carbonyl (C=O) groups is 2. The number of aliphatic hydroxyl groups is 1. The van der Waals surface area contributed by atoms with Crippen LogP contribution in [0.5, 0.6) is 5.75 Å². The van der Waals surface area contributed by atoms with Gasteiger partial charge in [0.25, 0.3) is 0 Å². The minimum Gasteiger partial charge on any atom is -0.491 e. The van der Waals surface area contributed by atoms with E-state index in [1.165, 1.54) is 0 Å². The summed E-state index contributed by atoms with van der Waals surface area (Å²) in [5.74, 6) is 0.971. The predicted octanol–water partition coefficient (Wildman–Crippen LogP) is 2.87. The average molecular weight is 416 g/mol. The molecule has 1 aromatic carbocycles. The molecule has 2 saturated heterocycles. The Bertz CT molecular complexity index is 799. The van der Waals surface area contributed by atoms with Gasteiger partial charge >= 0.3 is 6.03 Å². The Morgan fingerprint density at radius 3 is 2.23 bits per heavy atom. The van der Waals surface area contributed by atoms with Crippen LogP contribution in [0.15, 0.2) is 24.3 Å². The summed E-state index contributed by atoms with van der Waals surface area (Å²) < 4.78 is 5.70. The molecule has 4 rings (SSSR count). The highest BCUT2D eigenvalue weighted by Crippen LogP contribution is 2.49. The second kappa shape index (κ2) is 7.76. The maximum atomic E-state index is 13.3. The second-order valence-corrected chi connectivity index (χ2v) is 9.50. The van der Waals surface area contributed by atoms with Gasteiger partial charge in [-0.1, -0.05) is 0 Å². The van der Waals surface area contributed by atoms with Crippen LogP contribution < -0.4 is 9.64 Å². The zero-order valence-corrected chi connectivity index (χ0v) is 18.3. The van der Waals surface area contributed by atoms with E-state index in [0.717, 1.165) is 17.9 Å². The quantitative estimate of drug-likeness (QED) is 0.803. The number of likely N-dealkylation sites (N-methyl/N-ethyl adjacent to an activating group) is 1. The van der Waals surface area contributed by atoms with Crippen molar-refractivity contribution in [1.82, 2.24) is 9.80 Å². The van der Waals surface area contributed by atoms with Gasteiger partial charge in [0.15, 0.2) is 0 Å². The fraction of sp³-hybridized carbons (Fsp3) is 0.652. The Hall–Kier alpha value is -2.28. The molecule has 7 nitrogen and oxygen atoms in total. The summed E-state index contributed by atoms with van der Waals surface area (Å²) in [6.45, 7) is 6.41. The van der Waals surface area contributed by atoms with Gasteiger partial charge in [0.05, 0.1) is 23.7 Å². The Morgan fingerprint density at radius 2 is 1.67 bits per heavy atom. The molecule has 0 bridgehead atoms. The molecule has 3 aliphatic rings. The Morgan fingerprint density at radius 1 is 1.00 bits per heavy atom. The molecule has 1 aromatic rings. The van der Waals surface area contributed by atoms with E-state index in [1.54, 1.807) is 16.8 Å². The van der Waals surface area contributed by atoms with E-state index in [2.05, 4.69) is 0 Å². The minimum absolute atomic E-state index is 0.0169. The Kier molecular flexibility index (Phi) is 5.43. The molecule has 1 N–H and O–H groups in total. The van der Waals surface area contributed by atoms with Crippen LogP contribution >= 0.6 is 0 Å². The monoisotopic (exact) mass is 415 g/mol. The first-order chi connectivity index (χ1) is 14.2. The molecule has 2 aliphatic heterocycles. The zero-order valence-electron chi connectivity index (χ0n) is 18.3. The number of anilines is 1. The molecule has 2 heterocycles. The number of nitrogens with zero attached hydrogens (tertiary/aromatic N) is 3. The van der Waals surface area contributed by atoms with Gasteiger partial charge in [0, 0.05) is 32.4 Å². The van der Waals surface area contributed by atoms with Crippen LogP contribution in [-0.2, 0) is 4.79 Å². The zero-order chi connectivity index (χ0) is 21.5. The maximum Gasteiger partial charge on any atom is 0.319 e. The summed E-state index contributed by atoms with van der Waals surface area (Å²) in [6.07, 6.45) is 3.39. The number of ether oxygens (including phenoxy) is 1. The van der Waals surface area contributed by atoms with Crippen molar-refractivity contribution in [1.29, 1.82) is 0 Å². The van der Waals surface area contributed by atoms with Gasteiger partial charge in [0.1, 0.15) is 5.75 Å². The summed E-state index contributed by atoms with van der Waals surface area (Å²) in [5.41, 5.74) is -0.375. The lowest BCUT2D eigenvalue weighted by Crippen LogP contribution is -2.50. The molecule has 3 fully saturated rings. The molecule has 7 heteroatoms. The lowest BCUT2D eigenvalue weighted by atomic mass is 9.67. The van der Waals surface area contributed by atoms with E-state index in [9.17, 15) is 14.7 Å². The third-order valence-electron chi connectivity index (χ3n) is 6.96. The number of hydrogen-bond donors (Lipinski definition) is 1. The molecule has 1 aliphatic carbocycles. The lowest BCUT2D eigenvalue weighted by Gasteiger charge is -2.42. The summed E-state index contributed by atoms with van der Waals surface area (Å²) in [6, 6.07) is 7.71. The SMILES string of the molecule is CC(C)Oc1ccc(N2CCC3(CCC(O)(CN4CCN(C)C4=O)CC3)C2=O)cc1. The molecule has 0 atom stereocenters. The van der Waals surface area contributed by atoms with E-state index >= 15 is 0 Å². The van der Waals surface area contributed by atoms with Crippen molar-refractivity contribution in [2.24, 2.45) is 5.41 Å². The Balaban J connectivity index is 1.38. The number of carbonyl (C=O) groups excluding carboxylic acids is 2. The normalized spacial score (nSPS) is 29.6. The van der Waals surface area contributed by atoms with Gasteiger partial charge in [-0.05, 0) is 70.2 Å². The van der Waals surface area contributed by atoms with Crippen molar-refractivity contribution >= 4 is 17.6 Å². The fourth-order valence-electron chi connectivity index (χ4n) is 5.07. The molecule has 1 spiro atoms. The van der Waals surface area contributed by atoms with Crippen LogP contribution in [-0.4, -0.2) is 71.8 Å². The second-order valence-electron chi connectivity index (χ2n) is 9.50. The summed E-state index contributed by atoms with van der Waals surface area (Å²) in [4.78, 5) is 30.8. The standard InChI is InChI=1S/C23H33N3O4/c1-17(2)30-19-6-4-18(5-7-19)26-13-12-22(20(26)27)8-10-23(29,11-9-22)16-25-15-14-24(3)21(25)28/h4-7,17,29H,8-16H2,1-3H3. The van der Waals surface area contributed by atoms with Crippen molar-refractivity contribution in [2.45, 2.75) is 57.7 Å². The van der Waals surface area contributed by atoms with Gasteiger partial charge in [-0.2, -0.15) is 0 Å². The molecule has 0 aromatic heterocycles. The van der Waals surface area contributed by atoms with E-state index in [-0.39, 0.29) is 23.5 Å². The van der Waals surface area contributed by atoms with Crippen LogP contribution in [0, 0.1) is 5.41 Å². The maximum absolute atomic E-state index is 13.3. The summed E-state index contributed by atoms with van der Waals surface area (Å²) >= 11 is 0. The number of amides is 3. The molecular formula is C23H33N3O4. The first-order valence-corrected chi connectivity index (χ1v) is 11.0. The van der Waals surface area contributed by atoms with Crippen molar-refractivity contribution in [2.75, 3.05) is 38.1 Å². The van der Waals surface area contributed by atoms with Crippen LogP contribution in [0.2, 0.25) is 0 Å². The first-order valence-electron chi connectivity index (χ1n) is 11.0. The van der Waals surface area contributed by atoms with Gasteiger partial charge < -0.3 is 24.5 Å². The van der Waals surface area contributed by atoms with Crippen LogP contribution in [0.4, 0.5) is 10.5 Å². The molecule has 0 unspecified atom stereocenters. The number of rotatable bonds is 5. The average Bonchev–Trinajstić information content (AvgIpc) is 3.19. The fourth-order valence-corrected chi connectivity index (χ4v) is 5.07. The van der Waals surface area contributed by atoms with Gasteiger partial charge in [0.2, 0.25) is 5.91 Å². The van der Waals surface area contributed by atoms with Crippen LogP contribution in [0.3, 0.4) is 0 Å². The highest BCUT2D eigenvalue weighted by Gasteiger charge is 2.52. The molecular weight excluding hydrogens is 382 g/mol. The number of urea groups is 1. The third kappa shape index (κ3) is 3.87. The topological polar surface area (TPSA) is 73.3 Å². The number of benzene rings is 1. The van der Waals surface area contributed by atoms with Crippen LogP contribution in [0.1, 0.15) is 46.0 Å². The van der Waals surface area contributed by atoms with Crippen molar-refractivity contribution in [3.05, 3.63) is 24.3 Å². The summed E-state index contributed by atoms with van der Waals surface area (Å²) in [5, 5.41) is 11.1. The van der Waals surface area contributed by atoms with E-state index in [1.807, 2.05) is 43.0 Å². The summed E-state index contributed by atoms with van der Waals surface area (Å²) in [7, 11) is 1.79. The van der Waals surface area contributed by atoms with Gasteiger partial charge in [-0.3, -0.25) is 4.79 Å². The molecule has 30 heavy (non-hydrogen) atoms. The molecule has 164 valence electrons. The lowest BCUT2D eigenvalue weighted by molar-refractivity contribution is -0.131. The molecule has 3 amide bonds. The molecule has 0 radical (unpaired) electrons. The van der Waals surface area contributed by atoms with Crippen LogP contribution in [0.25, 0.3) is 0 Å². The minimum atomic E-state index is -0.893. The largest absolute Gasteiger partial charge is 0.491 e. The van der Waals surface area contributed by atoms with E-state index < -0.39 is 5.60 Å². The highest BCUT2D eigenvalue weighted by atomic mass is 16.5. The Labute approximate surface area is 178 Å². The van der Waals surface area contributed by atoms with E-state index in [4.69, 9.17) is 4.74 Å². The highest BCUT2D eigenvalue weighted by molar-refractivity contribution is 6.00. The van der Waals surface area contributed by atoms with Crippen molar-refractivity contribution < 1.29 is 19.4 Å². The smallest absolute Gasteiger partial charge is 0.319 e. The number of β-amino-alcohol motifs (C(OH)–C–C–N with tert-alkyl or cyclic N) is 1. The predicted molar refractivity (Wildman–Crippen MR) is 115 cm³/mol. The van der Waals surface area contributed by atoms with Crippen molar-refractivity contribution in [3.8, 4) is 5.75 Å². The first kappa shape index (κ1) is 21.0. The van der Waals surface area contributed by atoms with Gasteiger partial charge in [-0.15, -0.1) is 0 Å². The van der Waals surface area contributed by atoms with E-state index in [0.29, 0.717) is 51.9 Å². The van der Waals surface area contributed by atoms with Crippen molar-refractivity contribution in [3.63, 3.8) is 0 Å². The third-order valence-corrected chi connectivity index (χ3v) is 6.96. The molecule has 1 saturated carbocycles.